The average Bonchev–Trinajstić information content (AvgIpc) is 3.24. The van der Waals surface area contributed by atoms with Gasteiger partial charge in [0.1, 0.15) is 16.9 Å². The molecule has 8 aromatic carbocycles. The summed E-state index contributed by atoms with van der Waals surface area (Å²) in [5.41, 5.74) is 7.16. The van der Waals surface area contributed by atoms with Crippen LogP contribution < -0.4 is 4.74 Å². The molecular formula is C55H44N2O. The van der Waals surface area contributed by atoms with Gasteiger partial charge in [0.05, 0.1) is 22.4 Å². The van der Waals surface area contributed by atoms with Crippen LogP contribution in [0, 0.1) is 0 Å². The van der Waals surface area contributed by atoms with Crippen molar-refractivity contribution in [3.8, 4) is 11.5 Å². The van der Waals surface area contributed by atoms with Crippen molar-refractivity contribution in [3.05, 3.63) is 191 Å². The Kier molecular flexibility index (Phi) is 7.30. The van der Waals surface area contributed by atoms with Crippen molar-refractivity contribution < 1.29 is 4.74 Å². The van der Waals surface area contributed by atoms with Crippen molar-refractivity contribution >= 4 is 64.9 Å². The van der Waals surface area contributed by atoms with Gasteiger partial charge in [0.15, 0.2) is 0 Å². The largest absolute Gasteiger partial charge is 0.457 e. The summed E-state index contributed by atoms with van der Waals surface area (Å²) in [5, 5.41) is 11.8. The lowest BCUT2D eigenvalue weighted by Gasteiger charge is -2.41. The lowest BCUT2D eigenvalue weighted by atomic mass is 9.65. The lowest BCUT2D eigenvalue weighted by molar-refractivity contribution is 0.427. The molecule has 0 bridgehead atoms. The zero-order valence-corrected chi connectivity index (χ0v) is 33.8. The molecular weight excluding hydrogens is 705 g/mol. The Balaban J connectivity index is 1.36. The van der Waals surface area contributed by atoms with E-state index in [-0.39, 0.29) is 10.8 Å². The van der Waals surface area contributed by atoms with Gasteiger partial charge in [0.25, 0.3) is 0 Å². The molecule has 0 aliphatic carbocycles. The quantitative estimate of drug-likeness (QED) is 0.165. The average molecular weight is 749 g/mol. The highest BCUT2D eigenvalue weighted by Gasteiger charge is 2.49. The van der Waals surface area contributed by atoms with E-state index in [4.69, 9.17) is 14.7 Å². The van der Waals surface area contributed by atoms with Crippen LogP contribution in [0.5, 0.6) is 11.5 Å². The minimum Gasteiger partial charge on any atom is -0.457 e. The molecule has 0 unspecified atom stereocenters. The van der Waals surface area contributed by atoms with E-state index < -0.39 is 5.41 Å². The molecule has 1 aliphatic rings. The molecule has 11 rings (SSSR count). The van der Waals surface area contributed by atoms with Crippen LogP contribution in [0.2, 0.25) is 0 Å². The van der Waals surface area contributed by atoms with Crippen LogP contribution in [0.4, 0.5) is 0 Å². The van der Waals surface area contributed by atoms with E-state index >= 15 is 0 Å². The van der Waals surface area contributed by atoms with Crippen LogP contribution in [-0.4, -0.2) is 9.97 Å². The third-order valence-electron chi connectivity index (χ3n) is 12.7. The molecule has 0 fully saturated rings. The second-order valence-electron chi connectivity index (χ2n) is 18.1. The molecule has 10 aromatic rings. The Bertz CT molecular complexity index is 3050. The molecule has 3 heterocycles. The summed E-state index contributed by atoms with van der Waals surface area (Å²) in [6.45, 7) is 13.7. The number of benzene rings is 8. The molecule has 0 saturated carbocycles. The molecule has 280 valence electrons. The Morgan fingerprint density at radius 3 is 1.02 bits per heavy atom. The smallest absolute Gasteiger partial charge is 0.132 e. The molecule has 58 heavy (non-hydrogen) atoms. The first-order chi connectivity index (χ1) is 28.0. The monoisotopic (exact) mass is 748 g/mol. The Hall–Kier alpha value is -6.58. The first kappa shape index (κ1) is 34.7. The van der Waals surface area contributed by atoms with Gasteiger partial charge >= 0.3 is 0 Å². The van der Waals surface area contributed by atoms with Gasteiger partial charge in [0, 0.05) is 32.7 Å². The van der Waals surface area contributed by atoms with Crippen LogP contribution in [0.1, 0.15) is 75.2 Å². The van der Waals surface area contributed by atoms with Gasteiger partial charge in [-0.25, -0.2) is 0 Å². The molecule has 1 aliphatic heterocycles. The van der Waals surface area contributed by atoms with E-state index in [0.29, 0.717) is 0 Å². The highest BCUT2D eigenvalue weighted by atomic mass is 16.5. The van der Waals surface area contributed by atoms with Crippen molar-refractivity contribution in [2.75, 3.05) is 0 Å². The predicted octanol–water partition coefficient (Wildman–Crippen LogP) is 14.5. The number of pyridine rings is 2. The maximum Gasteiger partial charge on any atom is 0.132 e. The molecule has 0 amide bonds. The van der Waals surface area contributed by atoms with Gasteiger partial charge < -0.3 is 4.74 Å². The molecule has 0 spiro atoms. The Labute approximate surface area is 339 Å². The summed E-state index contributed by atoms with van der Waals surface area (Å²) in [6, 6.07) is 57.5. The highest BCUT2D eigenvalue weighted by Crippen LogP contribution is 2.56. The second kappa shape index (κ2) is 12.2. The van der Waals surface area contributed by atoms with Crippen LogP contribution in [0.15, 0.2) is 158 Å². The van der Waals surface area contributed by atoms with E-state index in [0.717, 1.165) is 66.6 Å². The van der Waals surface area contributed by atoms with Gasteiger partial charge in [-0.2, -0.15) is 0 Å². The van der Waals surface area contributed by atoms with Crippen molar-refractivity contribution in [1.82, 2.24) is 9.97 Å². The van der Waals surface area contributed by atoms with E-state index in [1.165, 1.54) is 43.4 Å². The minimum absolute atomic E-state index is 0.119. The highest BCUT2D eigenvalue weighted by molar-refractivity contribution is 6.25. The molecule has 0 saturated heterocycles. The lowest BCUT2D eigenvalue weighted by Crippen LogP contribution is -2.37. The van der Waals surface area contributed by atoms with Gasteiger partial charge in [0.2, 0.25) is 0 Å². The van der Waals surface area contributed by atoms with E-state index in [1.54, 1.807) is 0 Å². The predicted molar refractivity (Wildman–Crippen MR) is 243 cm³/mol. The zero-order valence-electron chi connectivity index (χ0n) is 33.8. The number of aromatic nitrogens is 2. The fourth-order valence-electron chi connectivity index (χ4n) is 9.64. The number of hydrogen-bond donors (Lipinski definition) is 0. The summed E-state index contributed by atoms with van der Waals surface area (Å²) in [6.07, 6.45) is 0. The maximum absolute atomic E-state index is 6.99. The van der Waals surface area contributed by atoms with E-state index in [9.17, 15) is 0 Å². The summed E-state index contributed by atoms with van der Waals surface area (Å²) < 4.78 is 6.99. The van der Waals surface area contributed by atoms with E-state index in [1.807, 2.05) is 0 Å². The van der Waals surface area contributed by atoms with Crippen molar-refractivity contribution in [1.29, 1.82) is 0 Å². The van der Waals surface area contributed by atoms with Crippen molar-refractivity contribution in [2.24, 2.45) is 0 Å². The number of ether oxygens (including phenoxy) is 1. The number of fused-ring (bicyclic) bond motifs is 14. The van der Waals surface area contributed by atoms with Gasteiger partial charge in [-0.3, -0.25) is 9.97 Å². The molecule has 3 nitrogen and oxygen atoms in total. The normalized spacial score (nSPS) is 14.0. The van der Waals surface area contributed by atoms with E-state index in [2.05, 4.69) is 199 Å². The molecule has 0 radical (unpaired) electrons. The molecule has 0 atom stereocenters. The van der Waals surface area contributed by atoms with Crippen LogP contribution in [0.3, 0.4) is 0 Å². The van der Waals surface area contributed by atoms with Crippen LogP contribution in [-0.2, 0) is 16.2 Å². The summed E-state index contributed by atoms with van der Waals surface area (Å²) in [5.74, 6) is 1.64. The molecule has 0 N–H and O–H groups in total. The van der Waals surface area contributed by atoms with Crippen LogP contribution >= 0.6 is 0 Å². The molecule has 2 aromatic heterocycles. The molecule has 3 heteroatoms. The van der Waals surface area contributed by atoms with Crippen molar-refractivity contribution in [2.45, 2.75) is 57.8 Å². The van der Waals surface area contributed by atoms with Gasteiger partial charge in [-0.1, -0.05) is 163 Å². The first-order valence-corrected chi connectivity index (χ1v) is 20.4. The topological polar surface area (TPSA) is 35.0 Å². The zero-order chi connectivity index (χ0) is 39.6. The third-order valence-corrected chi connectivity index (χ3v) is 12.7. The van der Waals surface area contributed by atoms with Gasteiger partial charge in [-0.15, -0.1) is 0 Å². The van der Waals surface area contributed by atoms with Gasteiger partial charge in [-0.05, 0) is 90.7 Å². The van der Waals surface area contributed by atoms with Crippen molar-refractivity contribution in [3.63, 3.8) is 0 Å². The second-order valence-corrected chi connectivity index (χ2v) is 18.1. The Morgan fingerprint density at radius 1 is 0.362 bits per heavy atom. The Morgan fingerprint density at radius 2 is 0.672 bits per heavy atom. The fraction of sp³-hybridized carbons (Fsp3) is 0.164. The van der Waals surface area contributed by atoms with Crippen LogP contribution in [0.25, 0.3) is 64.9 Å². The number of hydrogen-bond acceptors (Lipinski definition) is 3. The summed E-state index contributed by atoms with van der Waals surface area (Å²) in [4.78, 5) is 11.8. The number of rotatable bonds is 2. The summed E-state index contributed by atoms with van der Waals surface area (Å²) >= 11 is 0. The fourth-order valence-corrected chi connectivity index (χ4v) is 9.64. The minimum atomic E-state index is -0.951. The maximum atomic E-state index is 6.99. The standard InChI is InChI=1S/C55H44N2O/c1-53(2,3)33-23-27-47-45(31-33)55(46-32-34(54(4,5)6)24-28-48(46)58-47,49-29-25-43-39-19-9-7-15-35(39)37-17-11-13-21-41(37)51(43)56-49)50-30-26-44-40-20-10-8-16-36(40)38-18-12-14-22-42(38)52(44)57-50/h7-32H,1-6H3. The third kappa shape index (κ3) is 4.92. The SMILES string of the molecule is CC(C)(C)c1ccc2c(c1)C(c1ccc3c4ccccc4c4ccccc4c3n1)(c1ccc3c4ccccc4c4ccccc4c3n1)c1cc(C(C)(C)C)ccc1O2. The number of nitrogens with zero attached hydrogens (tertiary/aromatic N) is 2. The summed E-state index contributed by atoms with van der Waals surface area (Å²) in [7, 11) is 0. The first-order valence-electron chi connectivity index (χ1n) is 20.4.